The summed E-state index contributed by atoms with van der Waals surface area (Å²) in [5, 5.41) is 1.85. The van der Waals surface area contributed by atoms with Crippen LogP contribution < -0.4 is 4.74 Å². The summed E-state index contributed by atoms with van der Waals surface area (Å²) in [4.78, 5) is 25.0. The molecule has 1 aliphatic rings. The molecular formula is C21H22O5. The summed E-state index contributed by atoms with van der Waals surface area (Å²) in [5.41, 5.74) is 0.514. The van der Waals surface area contributed by atoms with E-state index in [2.05, 4.69) is 0 Å². The molecule has 0 atom stereocenters. The quantitative estimate of drug-likeness (QED) is 0.457. The largest absolute Gasteiger partial charge is 0.496 e. The zero-order valence-corrected chi connectivity index (χ0v) is 15.2. The van der Waals surface area contributed by atoms with Crippen LogP contribution in [0.15, 0.2) is 42.0 Å². The lowest BCUT2D eigenvalue weighted by Crippen LogP contribution is -2.44. The number of esters is 2. The van der Waals surface area contributed by atoms with Gasteiger partial charge in [0.05, 0.1) is 7.11 Å². The van der Waals surface area contributed by atoms with Crippen molar-refractivity contribution in [2.45, 2.75) is 38.9 Å². The minimum Gasteiger partial charge on any atom is -0.496 e. The van der Waals surface area contributed by atoms with Crippen LogP contribution in [0.1, 0.15) is 38.7 Å². The fourth-order valence-electron chi connectivity index (χ4n) is 3.07. The first-order chi connectivity index (χ1) is 12.5. The van der Waals surface area contributed by atoms with Crippen molar-refractivity contribution >= 4 is 28.8 Å². The third-order valence-electron chi connectivity index (χ3n) is 4.48. The van der Waals surface area contributed by atoms with Gasteiger partial charge in [-0.3, -0.25) is 0 Å². The van der Waals surface area contributed by atoms with Crippen molar-refractivity contribution < 1.29 is 23.8 Å². The number of hydrogen-bond donors (Lipinski definition) is 0. The Morgan fingerprint density at radius 2 is 1.77 bits per heavy atom. The molecule has 0 radical (unpaired) electrons. The second-order valence-electron chi connectivity index (χ2n) is 6.48. The number of unbranched alkanes of at least 4 members (excludes halogenated alkanes) is 1. The lowest BCUT2D eigenvalue weighted by molar-refractivity contribution is -0.230. The molecule has 1 fully saturated rings. The monoisotopic (exact) mass is 354 g/mol. The standard InChI is InChI=1S/C21H22O5/c1-4-5-12-21(2)25-19(22)17(20(23)26-21)13-16-15-9-7-6-8-14(15)10-11-18(16)24-3/h6-11,13H,4-5,12H2,1-3H3. The fourth-order valence-corrected chi connectivity index (χ4v) is 3.07. The van der Waals surface area contributed by atoms with Gasteiger partial charge in [-0.25, -0.2) is 9.59 Å². The van der Waals surface area contributed by atoms with Gasteiger partial charge in [0.25, 0.3) is 5.79 Å². The van der Waals surface area contributed by atoms with Crippen LogP contribution in [0.4, 0.5) is 0 Å². The molecular weight excluding hydrogens is 332 g/mol. The molecule has 2 aromatic rings. The molecule has 1 saturated heterocycles. The van der Waals surface area contributed by atoms with Crippen LogP contribution in [0.5, 0.6) is 5.75 Å². The number of hydrogen-bond acceptors (Lipinski definition) is 5. The molecule has 0 aromatic heterocycles. The Hall–Kier alpha value is -2.82. The number of ether oxygens (including phenoxy) is 3. The van der Waals surface area contributed by atoms with Gasteiger partial charge in [0.2, 0.25) is 0 Å². The van der Waals surface area contributed by atoms with E-state index in [1.807, 2.05) is 37.3 Å². The first-order valence-electron chi connectivity index (χ1n) is 8.71. The summed E-state index contributed by atoms with van der Waals surface area (Å²) in [6.07, 6.45) is 3.69. The van der Waals surface area contributed by atoms with Crippen LogP contribution in [0.2, 0.25) is 0 Å². The molecule has 0 N–H and O–H groups in total. The Kier molecular flexibility index (Phi) is 4.98. The minimum absolute atomic E-state index is 0.131. The van der Waals surface area contributed by atoms with Crippen molar-refractivity contribution in [3.8, 4) is 5.75 Å². The molecule has 1 aliphatic heterocycles. The van der Waals surface area contributed by atoms with Gasteiger partial charge in [-0.2, -0.15) is 0 Å². The van der Waals surface area contributed by atoms with E-state index in [0.717, 1.165) is 23.6 Å². The predicted molar refractivity (Wildman–Crippen MR) is 98.6 cm³/mol. The first kappa shape index (κ1) is 18.0. The molecule has 2 aromatic carbocycles. The van der Waals surface area contributed by atoms with Crippen molar-refractivity contribution in [1.29, 1.82) is 0 Å². The summed E-state index contributed by atoms with van der Waals surface area (Å²) in [6.45, 7) is 3.64. The van der Waals surface area contributed by atoms with E-state index in [-0.39, 0.29) is 5.57 Å². The van der Waals surface area contributed by atoms with Gasteiger partial charge < -0.3 is 14.2 Å². The highest BCUT2D eigenvalue weighted by atomic mass is 16.7. The zero-order valence-electron chi connectivity index (χ0n) is 15.2. The Morgan fingerprint density at radius 3 is 2.42 bits per heavy atom. The van der Waals surface area contributed by atoms with Crippen LogP contribution in [0.3, 0.4) is 0 Å². The molecule has 0 saturated carbocycles. The van der Waals surface area contributed by atoms with Crippen LogP contribution in [-0.2, 0) is 19.1 Å². The van der Waals surface area contributed by atoms with Gasteiger partial charge in [0.15, 0.2) is 0 Å². The van der Waals surface area contributed by atoms with E-state index in [1.165, 1.54) is 6.08 Å². The summed E-state index contributed by atoms with van der Waals surface area (Å²) < 4.78 is 16.3. The van der Waals surface area contributed by atoms with E-state index in [9.17, 15) is 9.59 Å². The topological polar surface area (TPSA) is 61.8 Å². The maximum absolute atomic E-state index is 12.5. The first-order valence-corrected chi connectivity index (χ1v) is 8.71. The SMILES string of the molecule is CCCCC1(C)OC(=O)C(=Cc2c(OC)ccc3ccccc23)C(=O)O1. The number of carbonyl (C=O) groups is 2. The normalized spacial score (nSPS) is 19.9. The van der Waals surface area contributed by atoms with E-state index in [4.69, 9.17) is 14.2 Å². The van der Waals surface area contributed by atoms with E-state index in [0.29, 0.717) is 17.7 Å². The maximum atomic E-state index is 12.5. The van der Waals surface area contributed by atoms with Crippen molar-refractivity contribution in [3.63, 3.8) is 0 Å². The molecule has 5 nitrogen and oxygen atoms in total. The van der Waals surface area contributed by atoms with Crippen molar-refractivity contribution in [1.82, 2.24) is 0 Å². The zero-order chi connectivity index (χ0) is 18.7. The summed E-state index contributed by atoms with van der Waals surface area (Å²) in [5.74, 6) is -1.98. The lowest BCUT2D eigenvalue weighted by atomic mass is 10.0. The van der Waals surface area contributed by atoms with Crippen LogP contribution >= 0.6 is 0 Å². The third-order valence-corrected chi connectivity index (χ3v) is 4.48. The molecule has 0 bridgehead atoms. The molecule has 0 spiro atoms. The molecule has 0 unspecified atom stereocenters. The highest BCUT2D eigenvalue weighted by molar-refractivity contribution is 6.19. The van der Waals surface area contributed by atoms with Gasteiger partial charge in [0.1, 0.15) is 11.3 Å². The Balaban J connectivity index is 2.02. The third kappa shape index (κ3) is 3.43. The molecule has 1 heterocycles. The average molecular weight is 354 g/mol. The second kappa shape index (κ2) is 7.20. The summed E-state index contributed by atoms with van der Waals surface area (Å²) in [7, 11) is 1.55. The molecule has 3 rings (SSSR count). The molecule has 0 amide bonds. The smallest absolute Gasteiger partial charge is 0.348 e. The average Bonchev–Trinajstić information content (AvgIpc) is 2.63. The van der Waals surface area contributed by atoms with Gasteiger partial charge in [-0.05, 0) is 29.3 Å². The van der Waals surface area contributed by atoms with Crippen LogP contribution in [0, 0.1) is 0 Å². The fraction of sp³-hybridized carbons (Fsp3) is 0.333. The van der Waals surface area contributed by atoms with Gasteiger partial charge >= 0.3 is 11.9 Å². The predicted octanol–water partition coefficient (Wildman–Crippen LogP) is 4.24. The molecule has 5 heteroatoms. The number of fused-ring (bicyclic) bond motifs is 1. The van der Waals surface area contributed by atoms with Gasteiger partial charge in [-0.15, -0.1) is 0 Å². The second-order valence-corrected chi connectivity index (χ2v) is 6.48. The van der Waals surface area contributed by atoms with E-state index in [1.54, 1.807) is 20.1 Å². The minimum atomic E-state index is -1.20. The number of carbonyl (C=O) groups excluding carboxylic acids is 2. The molecule has 26 heavy (non-hydrogen) atoms. The van der Waals surface area contributed by atoms with E-state index < -0.39 is 17.7 Å². The highest BCUT2D eigenvalue weighted by Gasteiger charge is 2.42. The van der Waals surface area contributed by atoms with Crippen molar-refractivity contribution in [2.24, 2.45) is 0 Å². The van der Waals surface area contributed by atoms with Gasteiger partial charge in [0, 0.05) is 18.9 Å². The summed E-state index contributed by atoms with van der Waals surface area (Å²) in [6, 6.07) is 11.4. The Labute approximate surface area is 152 Å². The van der Waals surface area contributed by atoms with Crippen molar-refractivity contribution in [3.05, 3.63) is 47.5 Å². The van der Waals surface area contributed by atoms with Crippen LogP contribution in [0.25, 0.3) is 16.8 Å². The summed E-state index contributed by atoms with van der Waals surface area (Å²) >= 11 is 0. The number of benzene rings is 2. The number of cyclic esters (lactones) is 2. The van der Waals surface area contributed by atoms with E-state index >= 15 is 0 Å². The Morgan fingerprint density at radius 1 is 1.08 bits per heavy atom. The van der Waals surface area contributed by atoms with Crippen molar-refractivity contribution in [2.75, 3.05) is 7.11 Å². The maximum Gasteiger partial charge on any atom is 0.348 e. The molecule has 0 aliphatic carbocycles. The van der Waals surface area contributed by atoms with Crippen LogP contribution in [-0.4, -0.2) is 24.8 Å². The number of methoxy groups -OCH3 is 1. The lowest BCUT2D eigenvalue weighted by Gasteiger charge is -2.33. The molecule has 136 valence electrons. The highest BCUT2D eigenvalue weighted by Crippen LogP contribution is 2.33. The Bertz CT molecular complexity index is 861. The number of rotatable bonds is 5. The van der Waals surface area contributed by atoms with Gasteiger partial charge in [-0.1, -0.05) is 43.7 Å².